The standard InChI is InChI=1S/C42H57N3O5S/c1-7-8-9-10-11-12-13-14-15-16-17-18-19-23-31-24-22-27-35(48-5)37(31)39-36(41(47)50-29(2)3)30(4)43-34(38(39)40(46)49-6)28-51-42-44-32-25-20-21-26-33(32)45-42/h20-22,24-27,29H,7-19,23,28H2,1-6H3,(H,44,45). The van der Waals surface area contributed by atoms with Crippen LogP contribution in [0.2, 0.25) is 0 Å². The number of unbranched alkanes of at least 4 members (excludes halogenated alkanes) is 12. The highest BCUT2D eigenvalue weighted by Crippen LogP contribution is 2.42. The first-order chi connectivity index (χ1) is 24.8. The van der Waals surface area contributed by atoms with E-state index in [4.69, 9.17) is 24.2 Å². The summed E-state index contributed by atoms with van der Waals surface area (Å²) in [5.74, 6) is -0.216. The fourth-order valence-electron chi connectivity index (χ4n) is 6.67. The third kappa shape index (κ3) is 11.3. The lowest BCUT2D eigenvalue weighted by molar-refractivity contribution is 0.0377. The molecule has 8 nitrogen and oxygen atoms in total. The molecule has 0 unspecified atom stereocenters. The molecule has 4 rings (SSSR count). The van der Waals surface area contributed by atoms with E-state index in [0.717, 1.165) is 35.9 Å². The average Bonchev–Trinajstić information content (AvgIpc) is 3.54. The lowest BCUT2D eigenvalue weighted by atomic mass is 9.87. The molecule has 0 amide bonds. The van der Waals surface area contributed by atoms with E-state index in [2.05, 4.69) is 18.0 Å². The Balaban J connectivity index is 1.60. The Labute approximate surface area is 308 Å². The molecular formula is C42H57N3O5S. The summed E-state index contributed by atoms with van der Waals surface area (Å²) in [6.07, 6.45) is 17.0. The molecule has 0 aliphatic carbocycles. The van der Waals surface area contributed by atoms with Crippen molar-refractivity contribution in [1.29, 1.82) is 0 Å². The smallest absolute Gasteiger partial charge is 0.340 e. The number of pyridine rings is 1. The number of esters is 2. The summed E-state index contributed by atoms with van der Waals surface area (Å²) >= 11 is 1.44. The monoisotopic (exact) mass is 715 g/mol. The number of nitrogens with one attached hydrogen (secondary N) is 1. The van der Waals surface area contributed by atoms with Gasteiger partial charge in [-0.15, -0.1) is 0 Å². The molecule has 276 valence electrons. The maximum absolute atomic E-state index is 13.8. The Morgan fingerprint density at radius 3 is 2.02 bits per heavy atom. The van der Waals surface area contributed by atoms with Crippen molar-refractivity contribution in [3.05, 3.63) is 70.5 Å². The molecular weight excluding hydrogens is 659 g/mol. The van der Waals surface area contributed by atoms with E-state index in [1.165, 1.54) is 89.5 Å². The van der Waals surface area contributed by atoms with Gasteiger partial charge in [0, 0.05) is 16.9 Å². The first-order valence-corrected chi connectivity index (χ1v) is 19.8. The number of methoxy groups -OCH3 is 2. The van der Waals surface area contributed by atoms with Crippen LogP contribution in [0.15, 0.2) is 47.6 Å². The number of hydrogen-bond acceptors (Lipinski definition) is 8. The normalized spacial score (nSPS) is 11.4. The zero-order valence-corrected chi connectivity index (χ0v) is 32.4. The molecule has 0 atom stereocenters. The lowest BCUT2D eigenvalue weighted by Crippen LogP contribution is -2.20. The van der Waals surface area contributed by atoms with Crippen molar-refractivity contribution in [2.75, 3.05) is 14.2 Å². The highest BCUT2D eigenvalue weighted by atomic mass is 32.2. The van der Waals surface area contributed by atoms with Crippen molar-refractivity contribution in [1.82, 2.24) is 15.0 Å². The minimum Gasteiger partial charge on any atom is -0.496 e. The number of aromatic amines is 1. The van der Waals surface area contributed by atoms with Gasteiger partial charge in [0.15, 0.2) is 5.16 Å². The van der Waals surface area contributed by atoms with Gasteiger partial charge in [0.2, 0.25) is 0 Å². The molecule has 0 saturated heterocycles. The van der Waals surface area contributed by atoms with Crippen LogP contribution in [0.25, 0.3) is 22.2 Å². The van der Waals surface area contributed by atoms with Crippen LogP contribution >= 0.6 is 11.8 Å². The summed E-state index contributed by atoms with van der Waals surface area (Å²) in [6, 6.07) is 13.7. The predicted octanol–water partition coefficient (Wildman–Crippen LogP) is 11.2. The van der Waals surface area contributed by atoms with Crippen LogP contribution in [0.5, 0.6) is 5.75 Å². The number of aryl methyl sites for hydroxylation is 2. The highest BCUT2D eigenvalue weighted by Gasteiger charge is 2.32. The Morgan fingerprint density at radius 1 is 0.765 bits per heavy atom. The number of para-hydroxylation sites is 2. The van der Waals surface area contributed by atoms with Gasteiger partial charge < -0.3 is 19.2 Å². The number of carbonyl (C=O) groups is 2. The number of fused-ring (bicyclic) bond motifs is 1. The van der Waals surface area contributed by atoms with Crippen LogP contribution in [-0.4, -0.2) is 47.2 Å². The molecule has 4 aromatic rings. The molecule has 2 aromatic carbocycles. The number of imidazole rings is 1. The highest BCUT2D eigenvalue weighted by molar-refractivity contribution is 7.98. The molecule has 0 aliphatic heterocycles. The first kappa shape index (κ1) is 39.9. The molecule has 2 heterocycles. The van der Waals surface area contributed by atoms with E-state index in [-0.39, 0.29) is 17.2 Å². The molecule has 0 bridgehead atoms. The van der Waals surface area contributed by atoms with E-state index < -0.39 is 11.9 Å². The number of carbonyl (C=O) groups excluding carboxylic acids is 2. The molecule has 51 heavy (non-hydrogen) atoms. The van der Waals surface area contributed by atoms with Crippen LogP contribution in [0.3, 0.4) is 0 Å². The first-order valence-electron chi connectivity index (χ1n) is 18.9. The topological polar surface area (TPSA) is 103 Å². The van der Waals surface area contributed by atoms with Gasteiger partial charge in [0.1, 0.15) is 5.75 Å². The minimum absolute atomic E-state index is 0.235. The van der Waals surface area contributed by atoms with Crippen LogP contribution < -0.4 is 4.74 Å². The predicted molar refractivity (Wildman–Crippen MR) is 208 cm³/mol. The second-order valence-corrected chi connectivity index (χ2v) is 14.5. The minimum atomic E-state index is -0.575. The fourth-order valence-corrected chi connectivity index (χ4v) is 7.50. The zero-order chi connectivity index (χ0) is 36.6. The number of nitrogens with zero attached hydrogens (tertiary/aromatic N) is 2. The summed E-state index contributed by atoms with van der Waals surface area (Å²) < 4.78 is 17.1. The van der Waals surface area contributed by atoms with Gasteiger partial charge >= 0.3 is 11.9 Å². The van der Waals surface area contributed by atoms with E-state index in [9.17, 15) is 9.59 Å². The molecule has 0 radical (unpaired) electrons. The second kappa shape index (κ2) is 20.9. The third-order valence-electron chi connectivity index (χ3n) is 9.23. The molecule has 2 aromatic heterocycles. The maximum Gasteiger partial charge on any atom is 0.340 e. The van der Waals surface area contributed by atoms with Gasteiger partial charge in [-0.1, -0.05) is 120 Å². The SMILES string of the molecule is CCCCCCCCCCCCCCCc1cccc(OC)c1-c1c(C(=O)OC(C)C)c(C)nc(CSc2nc3ccccc3[nH]2)c1C(=O)OC. The molecule has 0 fully saturated rings. The summed E-state index contributed by atoms with van der Waals surface area (Å²) in [7, 11) is 2.97. The van der Waals surface area contributed by atoms with Crippen LogP contribution in [0.4, 0.5) is 0 Å². The van der Waals surface area contributed by atoms with Gasteiger partial charge in [0.05, 0.1) is 53.9 Å². The van der Waals surface area contributed by atoms with E-state index in [1.807, 2.05) is 50.2 Å². The largest absolute Gasteiger partial charge is 0.496 e. The van der Waals surface area contributed by atoms with Crippen molar-refractivity contribution in [3.8, 4) is 16.9 Å². The van der Waals surface area contributed by atoms with Gasteiger partial charge in [-0.05, 0) is 57.4 Å². The number of hydrogen-bond donors (Lipinski definition) is 1. The number of ether oxygens (including phenoxy) is 3. The van der Waals surface area contributed by atoms with Gasteiger partial charge in [-0.25, -0.2) is 14.6 Å². The average molecular weight is 716 g/mol. The Bertz CT molecular complexity index is 1680. The van der Waals surface area contributed by atoms with Crippen LogP contribution in [-0.2, 0) is 21.6 Å². The van der Waals surface area contributed by atoms with Crippen molar-refractivity contribution < 1.29 is 23.8 Å². The van der Waals surface area contributed by atoms with Gasteiger partial charge in [0.25, 0.3) is 0 Å². The fraction of sp³-hybridized carbons (Fsp3) is 0.524. The lowest BCUT2D eigenvalue weighted by Gasteiger charge is -2.23. The summed E-state index contributed by atoms with van der Waals surface area (Å²) in [5, 5.41) is 0.705. The zero-order valence-electron chi connectivity index (χ0n) is 31.6. The molecule has 0 aliphatic rings. The van der Waals surface area contributed by atoms with Gasteiger partial charge in [-0.3, -0.25) is 4.98 Å². The van der Waals surface area contributed by atoms with Gasteiger partial charge in [-0.2, -0.15) is 0 Å². The van der Waals surface area contributed by atoms with Crippen molar-refractivity contribution in [3.63, 3.8) is 0 Å². The second-order valence-electron chi connectivity index (χ2n) is 13.5. The summed E-state index contributed by atoms with van der Waals surface area (Å²) in [6.45, 7) is 7.67. The molecule has 1 N–H and O–H groups in total. The Morgan fingerprint density at radius 2 is 1.41 bits per heavy atom. The van der Waals surface area contributed by atoms with E-state index >= 15 is 0 Å². The third-order valence-corrected chi connectivity index (χ3v) is 10.1. The Hall–Kier alpha value is -3.85. The number of H-pyrrole nitrogens is 1. The number of rotatable bonds is 22. The van der Waals surface area contributed by atoms with Crippen molar-refractivity contribution in [2.45, 2.75) is 135 Å². The number of thioether (sulfide) groups is 1. The number of aromatic nitrogens is 3. The number of benzene rings is 2. The quantitative estimate of drug-likeness (QED) is 0.0487. The Kier molecular flexibility index (Phi) is 16.3. The molecule has 0 spiro atoms. The molecule has 9 heteroatoms. The molecule has 0 saturated carbocycles. The van der Waals surface area contributed by atoms with E-state index in [1.54, 1.807) is 14.0 Å². The van der Waals surface area contributed by atoms with Crippen molar-refractivity contribution in [2.24, 2.45) is 0 Å². The van der Waals surface area contributed by atoms with Crippen LogP contribution in [0.1, 0.15) is 142 Å². The van der Waals surface area contributed by atoms with E-state index in [0.29, 0.717) is 39.2 Å². The summed E-state index contributed by atoms with van der Waals surface area (Å²) in [4.78, 5) is 40.5. The van der Waals surface area contributed by atoms with Crippen LogP contribution in [0, 0.1) is 6.92 Å². The van der Waals surface area contributed by atoms with Crippen molar-refractivity contribution >= 4 is 34.7 Å². The maximum atomic E-state index is 13.8. The summed E-state index contributed by atoms with van der Waals surface area (Å²) in [5.41, 5.74) is 5.39.